The molecule has 6 nitrogen and oxygen atoms in total. The molecule has 3 aromatic carbocycles. The third-order valence-corrected chi connectivity index (χ3v) is 5.97. The number of rotatable bonds is 8. The van der Waals surface area contributed by atoms with Gasteiger partial charge in [-0.15, -0.1) is 0 Å². The molecule has 3 rings (SSSR count). The number of benzene rings is 3. The number of hydrogen-bond acceptors (Lipinski definition) is 5. The van der Waals surface area contributed by atoms with Crippen LogP contribution in [0, 0.1) is 28.6 Å². The number of halogens is 2. The molecule has 0 heterocycles. The van der Waals surface area contributed by atoms with Crippen LogP contribution < -0.4 is 9.47 Å². The zero-order valence-corrected chi connectivity index (χ0v) is 21.4. The molecular formula is C24H18I2N2O4. The van der Waals surface area contributed by atoms with E-state index in [0.29, 0.717) is 35.8 Å². The average molecular weight is 652 g/mol. The molecule has 0 N–H and O–H groups in total. The molecule has 0 aliphatic carbocycles. The van der Waals surface area contributed by atoms with E-state index < -0.39 is 4.92 Å². The standard InChI is InChI=1S/C24H18I2N2O4/c1-2-31-23-13-17(11-19(14-27)18-5-9-21(10-6-18)28(29)30)12-22(26)24(23)32-15-16-3-7-20(25)8-4-16/h3-13H,2,15H2,1H3/b19-11-. The van der Waals surface area contributed by atoms with Crippen LogP contribution in [-0.2, 0) is 6.61 Å². The fourth-order valence-electron chi connectivity index (χ4n) is 2.92. The molecule has 0 aliphatic heterocycles. The molecular weight excluding hydrogens is 634 g/mol. The van der Waals surface area contributed by atoms with Gasteiger partial charge >= 0.3 is 0 Å². The second-order valence-corrected chi connectivity index (χ2v) is 9.06. The molecule has 0 bridgehead atoms. The Hall–Kier alpha value is -2.65. The van der Waals surface area contributed by atoms with Crippen LogP contribution in [0.3, 0.4) is 0 Å². The highest BCUT2D eigenvalue weighted by Crippen LogP contribution is 2.36. The molecule has 0 fully saturated rings. The van der Waals surface area contributed by atoms with Crippen molar-refractivity contribution < 1.29 is 14.4 Å². The summed E-state index contributed by atoms with van der Waals surface area (Å²) in [6.07, 6.45) is 1.73. The molecule has 162 valence electrons. The Morgan fingerprint density at radius 3 is 2.38 bits per heavy atom. The Bertz CT molecular complexity index is 1180. The number of nitrogens with zero attached hydrogens (tertiary/aromatic N) is 2. The van der Waals surface area contributed by atoms with Crippen molar-refractivity contribution in [3.05, 3.63) is 94.6 Å². The van der Waals surface area contributed by atoms with Crippen molar-refractivity contribution in [3.63, 3.8) is 0 Å². The van der Waals surface area contributed by atoms with Crippen molar-refractivity contribution in [2.45, 2.75) is 13.5 Å². The van der Waals surface area contributed by atoms with E-state index in [9.17, 15) is 15.4 Å². The van der Waals surface area contributed by atoms with Crippen LogP contribution >= 0.6 is 45.2 Å². The van der Waals surface area contributed by atoms with Crippen molar-refractivity contribution in [2.24, 2.45) is 0 Å². The molecule has 0 atom stereocenters. The first-order chi connectivity index (χ1) is 15.4. The van der Waals surface area contributed by atoms with Crippen molar-refractivity contribution in [3.8, 4) is 17.6 Å². The highest BCUT2D eigenvalue weighted by atomic mass is 127. The summed E-state index contributed by atoms with van der Waals surface area (Å²) in [6.45, 7) is 2.78. The van der Waals surface area contributed by atoms with Crippen molar-refractivity contribution >= 4 is 62.5 Å². The molecule has 8 heteroatoms. The Balaban J connectivity index is 1.90. The van der Waals surface area contributed by atoms with Crippen LogP contribution in [-0.4, -0.2) is 11.5 Å². The predicted molar refractivity (Wildman–Crippen MR) is 140 cm³/mol. The first-order valence-electron chi connectivity index (χ1n) is 9.61. The molecule has 0 aliphatic rings. The number of ether oxygens (including phenoxy) is 2. The highest BCUT2D eigenvalue weighted by molar-refractivity contribution is 14.1. The fraction of sp³-hybridized carbons (Fsp3) is 0.125. The van der Waals surface area contributed by atoms with E-state index in [1.807, 2.05) is 43.3 Å². The first kappa shape index (κ1) is 24.0. The summed E-state index contributed by atoms with van der Waals surface area (Å²) < 4.78 is 13.9. The van der Waals surface area contributed by atoms with Gasteiger partial charge in [-0.1, -0.05) is 12.1 Å². The van der Waals surface area contributed by atoms with Crippen LogP contribution in [0.15, 0.2) is 60.7 Å². The van der Waals surface area contributed by atoms with Gasteiger partial charge in [0, 0.05) is 15.7 Å². The largest absolute Gasteiger partial charge is 0.490 e. The smallest absolute Gasteiger partial charge is 0.269 e. The lowest BCUT2D eigenvalue weighted by Crippen LogP contribution is -2.02. The van der Waals surface area contributed by atoms with Crippen molar-refractivity contribution in [1.29, 1.82) is 5.26 Å². The number of nitriles is 1. The van der Waals surface area contributed by atoms with Gasteiger partial charge in [0.05, 0.1) is 26.7 Å². The van der Waals surface area contributed by atoms with E-state index in [-0.39, 0.29) is 5.69 Å². The van der Waals surface area contributed by atoms with Gasteiger partial charge in [0.15, 0.2) is 11.5 Å². The number of nitro benzene ring substituents is 1. The van der Waals surface area contributed by atoms with E-state index in [2.05, 4.69) is 51.3 Å². The Labute approximate surface area is 213 Å². The lowest BCUT2D eigenvalue weighted by molar-refractivity contribution is -0.384. The van der Waals surface area contributed by atoms with Crippen LogP contribution in [0.2, 0.25) is 0 Å². The summed E-state index contributed by atoms with van der Waals surface area (Å²) in [5.41, 5.74) is 2.80. The maximum Gasteiger partial charge on any atom is 0.269 e. The van der Waals surface area contributed by atoms with Gasteiger partial charge in [0.1, 0.15) is 6.61 Å². The van der Waals surface area contributed by atoms with Gasteiger partial charge in [0.2, 0.25) is 0 Å². The second-order valence-electron chi connectivity index (χ2n) is 6.65. The maximum absolute atomic E-state index is 10.9. The monoisotopic (exact) mass is 652 g/mol. The number of allylic oxidation sites excluding steroid dienone is 1. The van der Waals surface area contributed by atoms with Gasteiger partial charge in [-0.2, -0.15) is 5.26 Å². The Morgan fingerprint density at radius 2 is 1.78 bits per heavy atom. The van der Waals surface area contributed by atoms with Crippen LogP contribution in [0.25, 0.3) is 11.6 Å². The molecule has 0 saturated heterocycles. The zero-order valence-electron chi connectivity index (χ0n) is 17.0. The molecule has 32 heavy (non-hydrogen) atoms. The van der Waals surface area contributed by atoms with Gasteiger partial charge < -0.3 is 9.47 Å². The minimum atomic E-state index is -0.467. The molecule has 0 saturated carbocycles. The lowest BCUT2D eigenvalue weighted by Gasteiger charge is -2.15. The normalized spacial score (nSPS) is 11.0. The fourth-order valence-corrected chi connectivity index (χ4v) is 4.06. The predicted octanol–water partition coefficient (Wildman–Crippen LogP) is 6.85. The van der Waals surface area contributed by atoms with Gasteiger partial charge in [-0.05, 0) is 111 Å². The van der Waals surface area contributed by atoms with Gasteiger partial charge in [0.25, 0.3) is 5.69 Å². The number of hydrogen-bond donors (Lipinski definition) is 0. The Morgan fingerprint density at radius 1 is 1.09 bits per heavy atom. The summed E-state index contributed by atoms with van der Waals surface area (Å²) >= 11 is 4.45. The van der Waals surface area contributed by atoms with Crippen LogP contribution in [0.1, 0.15) is 23.6 Å². The molecule has 0 aromatic heterocycles. The number of nitro groups is 1. The third-order valence-electron chi connectivity index (χ3n) is 4.45. The first-order valence-corrected chi connectivity index (χ1v) is 11.8. The summed E-state index contributed by atoms with van der Waals surface area (Å²) in [5, 5.41) is 20.5. The minimum absolute atomic E-state index is 0.0196. The lowest BCUT2D eigenvalue weighted by atomic mass is 10.0. The van der Waals surface area contributed by atoms with Crippen LogP contribution in [0.5, 0.6) is 11.5 Å². The molecule has 3 aromatic rings. The summed E-state index contributed by atoms with van der Waals surface area (Å²) in [5.74, 6) is 1.24. The minimum Gasteiger partial charge on any atom is -0.490 e. The second kappa shape index (κ2) is 11.3. The van der Waals surface area contributed by atoms with E-state index >= 15 is 0 Å². The van der Waals surface area contributed by atoms with Gasteiger partial charge in [-0.3, -0.25) is 10.1 Å². The maximum atomic E-state index is 10.9. The molecule has 0 unspecified atom stereocenters. The molecule has 0 radical (unpaired) electrons. The van der Waals surface area contributed by atoms with E-state index in [1.54, 1.807) is 18.2 Å². The van der Waals surface area contributed by atoms with Crippen LogP contribution in [0.4, 0.5) is 5.69 Å². The van der Waals surface area contributed by atoms with Crippen molar-refractivity contribution in [1.82, 2.24) is 0 Å². The zero-order chi connectivity index (χ0) is 23.1. The highest BCUT2D eigenvalue weighted by Gasteiger charge is 2.13. The topological polar surface area (TPSA) is 85.4 Å². The quantitative estimate of drug-likeness (QED) is 0.0875. The number of non-ortho nitro benzene ring substituents is 1. The van der Waals surface area contributed by atoms with E-state index in [4.69, 9.17) is 9.47 Å². The average Bonchev–Trinajstić information content (AvgIpc) is 2.78. The third kappa shape index (κ3) is 6.20. The molecule has 0 amide bonds. The molecule has 0 spiro atoms. The summed E-state index contributed by atoms with van der Waals surface area (Å²) in [7, 11) is 0. The van der Waals surface area contributed by atoms with Gasteiger partial charge in [-0.25, -0.2) is 0 Å². The van der Waals surface area contributed by atoms with E-state index in [0.717, 1.165) is 18.3 Å². The van der Waals surface area contributed by atoms with Crippen molar-refractivity contribution in [2.75, 3.05) is 6.61 Å². The summed E-state index contributed by atoms with van der Waals surface area (Å²) in [6, 6.07) is 19.9. The van der Waals surface area contributed by atoms with E-state index in [1.165, 1.54) is 12.1 Å². The Kier molecular flexibility index (Phi) is 8.46. The SMILES string of the molecule is CCOc1cc(/C=C(/C#N)c2ccc([N+](=O)[O-])cc2)cc(I)c1OCc1ccc(I)cc1. The summed E-state index contributed by atoms with van der Waals surface area (Å²) in [4.78, 5) is 10.4.